The van der Waals surface area contributed by atoms with Gasteiger partial charge in [0.25, 0.3) is 0 Å². The van der Waals surface area contributed by atoms with E-state index < -0.39 is 9.84 Å². The molecule has 1 aliphatic heterocycles. The van der Waals surface area contributed by atoms with Crippen LogP contribution in [0.5, 0.6) is 11.5 Å². The summed E-state index contributed by atoms with van der Waals surface area (Å²) >= 11 is 3.33. The van der Waals surface area contributed by atoms with E-state index in [4.69, 9.17) is 9.47 Å². The van der Waals surface area contributed by atoms with Crippen LogP contribution in [0.3, 0.4) is 0 Å². The molecule has 1 aromatic rings. The van der Waals surface area contributed by atoms with Gasteiger partial charge in [-0.05, 0) is 17.7 Å². The van der Waals surface area contributed by atoms with Gasteiger partial charge in [0.2, 0.25) is 6.79 Å². The minimum Gasteiger partial charge on any atom is -0.454 e. The molecule has 0 radical (unpaired) electrons. The lowest BCUT2D eigenvalue weighted by Crippen LogP contribution is -2.07. The van der Waals surface area contributed by atoms with E-state index in [1.807, 2.05) is 0 Å². The molecule has 2 rings (SSSR count). The molecule has 0 aromatic heterocycles. The molecule has 1 heterocycles. The number of hydrogen-bond donors (Lipinski definition) is 0. The molecule has 0 amide bonds. The number of ether oxygens (including phenoxy) is 2. The van der Waals surface area contributed by atoms with E-state index in [9.17, 15) is 8.42 Å². The molecule has 0 saturated heterocycles. The highest BCUT2D eigenvalue weighted by molar-refractivity contribution is 9.10. The van der Waals surface area contributed by atoms with Gasteiger partial charge in [0.05, 0.1) is 5.75 Å². The molecule has 1 aromatic carbocycles. The Morgan fingerprint density at radius 1 is 1.31 bits per heavy atom. The smallest absolute Gasteiger partial charge is 0.231 e. The zero-order valence-electron chi connectivity index (χ0n) is 8.70. The molecule has 0 unspecified atom stereocenters. The van der Waals surface area contributed by atoms with Crippen molar-refractivity contribution >= 4 is 25.8 Å². The predicted octanol–water partition coefficient (Wildman–Crippen LogP) is 2.11. The molecule has 0 fully saturated rings. The first-order chi connectivity index (χ1) is 7.52. The number of rotatable bonds is 3. The molecule has 0 bridgehead atoms. The van der Waals surface area contributed by atoms with Crippen LogP contribution in [-0.2, 0) is 15.6 Å². The minimum atomic E-state index is -3.04. The van der Waals surface area contributed by atoms with Gasteiger partial charge in [0, 0.05) is 10.2 Å². The predicted molar refractivity (Wildman–Crippen MR) is 63.4 cm³/mol. The first-order valence-electron chi connectivity index (χ1n) is 4.80. The monoisotopic (exact) mass is 306 g/mol. The van der Waals surface area contributed by atoms with Gasteiger partial charge >= 0.3 is 0 Å². The summed E-state index contributed by atoms with van der Waals surface area (Å²) in [4.78, 5) is 0. The lowest BCUT2D eigenvalue weighted by atomic mass is 10.2. The quantitative estimate of drug-likeness (QED) is 0.858. The van der Waals surface area contributed by atoms with Crippen molar-refractivity contribution < 1.29 is 17.9 Å². The molecule has 0 aliphatic carbocycles. The third kappa shape index (κ3) is 2.32. The van der Waals surface area contributed by atoms with Gasteiger partial charge in [-0.3, -0.25) is 0 Å². The molecule has 0 N–H and O–H groups in total. The molecule has 16 heavy (non-hydrogen) atoms. The second kappa shape index (κ2) is 4.25. The van der Waals surface area contributed by atoms with E-state index in [1.54, 1.807) is 19.1 Å². The van der Waals surface area contributed by atoms with E-state index in [0.717, 1.165) is 4.47 Å². The molecule has 6 heteroatoms. The van der Waals surface area contributed by atoms with Crippen LogP contribution in [0.2, 0.25) is 0 Å². The first kappa shape index (κ1) is 11.7. The van der Waals surface area contributed by atoms with Gasteiger partial charge in [-0.15, -0.1) is 0 Å². The Balaban J connectivity index is 2.36. The Bertz CT molecular complexity index is 510. The Labute approximate surface area is 103 Å². The van der Waals surface area contributed by atoms with Crippen LogP contribution in [0.15, 0.2) is 16.6 Å². The van der Waals surface area contributed by atoms with Crippen molar-refractivity contribution in [3.63, 3.8) is 0 Å². The van der Waals surface area contributed by atoms with Gasteiger partial charge in [-0.25, -0.2) is 8.42 Å². The Morgan fingerprint density at radius 2 is 1.94 bits per heavy atom. The topological polar surface area (TPSA) is 52.6 Å². The van der Waals surface area contributed by atoms with Gasteiger partial charge in [0.1, 0.15) is 0 Å². The SMILES string of the molecule is CCS(=O)(=O)Cc1cc2c(cc1Br)OCO2. The maximum absolute atomic E-state index is 11.5. The fraction of sp³-hybridized carbons (Fsp3) is 0.400. The molecular formula is C10H11BrO4S. The fourth-order valence-electron chi connectivity index (χ4n) is 1.41. The van der Waals surface area contributed by atoms with Crippen LogP contribution in [0.4, 0.5) is 0 Å². The van der Waals surface area contributed by atoms with Crippen molar-refractivity contribution in [1.82, 2.24) is 0 Å². The van der Waals surface area contributed by atoms with Gasteiger partial charge in [-0.2, -0.15) is 0 Å². The van der Waals surface area contributed by atoms with Gasteiger partial charge in [-0.1, -0.05) is 22.9 Å². The van der Waals surface area contributed by atoms with Crippen LogP contribution in [0.25, 0.3) is 0 Å². The maximum atomic E-state index is 11.5. The summed E-state index contributed by atoms with van der Waals surface area (Å²) in [5.74, 6) is 1.39. The lowest BCUT2D eigenvalue weighted by Gasteiger charge is -2.06. The highest BCUT2D eigenvalue weighted by Crippen LogP contribution is 2.37. The van der Waals surface area contributed by atoms with Crippen molar-refractivity contribution in [2.75, 3.05) is 12.5 Å². The number of halogens is 1. The van der Waals surface area contributed by atoms with Crippen LogP contribution < -0.4 is 9.47 Å². The van der Waals surface area contributed by atoms with Crippen molar-refractivity contribution in [2.45, 2.75) is 12.7 Å². The molecule has 0 saturated carbocycles. The number of fused-ring (bicyclic) bond motifs is 1. The van der Waals surface area contributed by atoms with Crippen LogP contribution in [0.1, 0.15) is 12.5 Å². The summed E-state index contributed by atoms with van der Waals surface area (Å²) in [7, 11) is -3.04. The molecule has 0 atom stereocenters. The third-order valence-corrected chi connectivity index (χ3v) is 4.73. The second-order valence-electron chi connectivity index (χ2n) is 3.47. The second-order valence-corrected chi connectivity index (χ2v) is 6.68. The highest BCUT2D eigenvalue weighted by atomic mass is 79.9. The Kier molecular flexibility index (Phi) is 3.12. The standard InChI is InChI=1S/C10H11BrO4S/c1-2-16(12,13)5-7-3-9-10(4-8(7)11)15-6-14-9/h3-4H,2,5-6H2,1H3. The van der Waals surface area contributed by atoms with Crippen molar-refractivity contribution in [3.8, 4) is 11.5 Å². The van der Waals surface area contributed by atoms with E-state index >= 15 is 0 Å². The number of hydrogen-bond acceptors (Lipinski definition) is 4. The Morgan fingerprint density at radius 3 is 2.56 bits per heavy atom. The van der Waals surface area contributed by atoms with Crippen molar-refractivity contribution in [1.29, 1.82) is 0 Å². The maximum Gasteiger partial charge on any atom is 0.231 e. The van der Waals surface area contributed by atoms with Crippen molar-refractivity contribution in [3.05, 3.63) is 22.2 Å². The number of sulfone groups is 1. The highest BCUT2D eigenvalue weighted by Gasteiger charge is 2.19. The Hall–Kier alpha value is -0.750. The summed E-state index contributed by atoms with van der Waals surface area (Å²) in [6.07, 6.45) is 0. The summed E-state index contributed by atoms with van der Waals surface area (Å²) in [5, 5.41) is 0. The average molecular weight is 307 g/mol. The lowest BCUT2D eigenvalue weighted by molar-refractivity contribution is 0.174. The van der Waals surface area contributed by atoms with Gasteiger partial charge < -0.3 is 9.47 Å². The van der Waals surface area contributed by atoms with E-state index in [-0.39, 0.29) is 18.3 Å². The first-order valence-corrected chi connectivity index (χ1v) is 7.41. The normalized spacial score (nSPS) is 14.1. The minimum absolute atomic E-state index is 0.0146. The third-order valence-electron chi connectivity index (χ3n) is 2.36. The zero-order valence-corrected chi connectivity index (χ0v) is 11.1. The zero-order chi connectivity index (χ0) is 11.8. The van der Waals surface area contributed by atoms with Crippen molar-refractivity contribution in [2.24, 2.45) is 0 Å². The molecule has 4 nitrogen and oxygen atoms in total. The van der Waals surface area contributed by atoms with E-state index in [1.165, 1.54) is 0 Å². The molecule has 0 spiro atoms. The molecule has 88 valence electrons. The fourth-order valence-corrected chi connectivity index (χ4v) is 2.97. The van der Waals surface area contributed by atoms with Gasteiger partial charge in [0.15, 0.2) is 21.3 Å². The van der Waals surface area contributed by atoms with E-state index in [0.29, 0.717) is 17.1 Å². The number of benzene rings is 1. The summed E-state index contributed by atoms with van der Waals surface area (Å²) in [6.45, 7) is 1.82. The summed E-state index contributed by atoms with van der Waals surface area (Å²) in [6, 6.07) is 3.45. The largest absolute Gasteiger partial charge is 0.454 e. The van der Waals surface area contributed by atoms with Crippen LogP contribution in [-0.4, -0.2) is 21.0 Å². The van der Waals surface area contributed by atoms with E-state index in [2.05, 4.69) is 15.9 Å². The molecule has 1 aliphatic rings. The van der Waals surface area contributed by atoms with Crippen LogP contribution >= 0.6 is 15.9 Å². The summed E-state index contributed by atoms with van der Waals surface area (Å²) < 4.78 is 34.2. The molecular weight excluding hydrogens is 296 g/mol. The summed E-state index contributed by atoms with van der Waals surface area (Å²) in [5.41, 5.74) is 0.700. The van der Waals surface area contributed by atoms with Crippen LogP contribution in [0, 0.1) is 0 Å². The average Bonchev–Trinajstić information content (AvgIpc) is 2.65.